The van der Waals surface area contributed by atoms with Gasteiger partial charge in [0.15, 0.2) is 0 Å². The largest absolute Gasteiger partial charge is 0.383 e. The molecule has 32 heavy (non-hydrogen) atoms. The minimum absolute atomic E-state index is 0.0400. The first-order valence-electron chi connectivity index (χ1n) is 12.0. The summed E-state index contributed by atoms with van der Waals surface area (Å²) in [6, 6.07) is 3.84. The van der Waals surface area contributed by atoms with Crippen LogP contribution in [0.25, 0.3) is 0 Å². The summed E-state index contributed by atoms with van der Waals surface area (Å²) in [7, 11) is 3.60. The van der Waals surface area contributed by atoms with Gasteiger partial charge in [-0.25, -0.2) is 4.79 Å². The number of amides is 3. The number of urea groups is 1. The van der Waals surface area contributed by atoms with Gasteiger partial charge in [-0.05, 0) is 68.4 Å². The quantitative estimate of drug-likeness (QED) is 0.566. The van der Waals surface area contributed by atoms with Gasteiger partial charge >= 0.3 is 6.03 Å². The van der Waals surface area contributed by atoms with Crippen LogP contribution in [0.4, 0.5) is 4.79 Å². The first kappa shape index (κ1) is 22.9. The van der Waals surface area contributed by atoms with Gasteiger partial charge in [-0.2, -0.15) is 0 Å². The Bertz CT molecular complexity index is 798. The van der Waals surface area contributed by atoms with E-state index in [1.165, 1.54) is 19.3 Å². The smallest absolute Gasteiger partial charge is 0.318 e. The third kappa shape index (κ3) is 5.03. The first-order valence-corrected chi connectivity index (χ1v) is 12.0. The lowest BCUT2D eigenvalue weighted by atomic mass is 9.53. The van der Waals surface area contributed by atoms with E-state index in [0.29, 0.717) is 26.2 Å². The summed E-state index contributed by atoms with van der Waals surface area (Å²) in [6.45, 7) is 5.64. The molecule has 0 aromatic carbocycles. The molecular formula is C25H38N4O3. The summed E-state index contributed by atoms with van der Waals surface area (Å²) in [6.07, 6.45) is 10.9. The molecule has 4 aliphatic rings. The number of carbonyl (C=O) groups excluding carboxylic acids is 2. The molecule has 1 heterocycles. The Morgan fingerprint density at radius 2 is 1.88 bits per heavy atom. The lowest BCUT2D eigenvalue weighted by molar-refractivity contribution is -0.133. The highest BCUT2D eigenvalue weighted by Gasteiger charge is 2.51. The summed E-state index contributed by atoms with van der Waals surface area (Å²) in [5, 5.41) is 3.39. The van der Waals surface area contributed by atoms with Gasteiger partial charge in [0.2, 0.25) is 5.91 Å². The van der Waals surface area contributed by atoms with E-state index in [1.807, 2.05) is 29.9 Å². The predicted molar refractivity (Wildman–Crippen MR) is 124 cm³/mol. The van der Waals surface area contributed by atoms with Crippen LogP contribution in [0, 0.1) is 17.8 Å². The van der Waals surface area contributed by atoms with Crippen molar-refractivity contribution in [1.82, 2.24) is 19.7 Å². The molecule has 0 saturated heterocycles. The van der Waals surface area contributed by atoms with Crippen LogP contribution in [0.15, 0.2) is 31.0 Å². The van der Waals surface area contributed by atoms with Crippen molar-refractivity contribution < 1.29 is 14.3 Å². The third-order valence-electron chi connectivity index (χ3n) is 7.70. The minimum Gasteiger partial charge on any atom is -0.383 e. The number of carbonyl (C=O) groups is 2. The Balaban J connectivity index is 1.41. The highest BCUT2D eigenvalue weighted by Crippen LogP contribution is 2.55. The van der Waals surface area contributed by atoms with Gasteiger partial charge in [0, 0.05) is 44.7 Å². The number of nitrogens with zero attached hydrogens (tertiary/aromatic N) is 3. The van der Waals surface area contributed by atoms with Crippen molar-refractivity contribution in [2.24, 2.45) is 24.8 Å². The van der Waals surface area contributed by atoms with Crippen LogP contribution in [0.5, 0.6) is 0 Å². The zero-order valence-corrected chi connectivity index (χ0v) is 19.6. The molecule has 1 aromatic rings. The second kappa shape index (κ2) is 9.69. The summed E-state index contributed by atoms with van der Waals surface area (Å²) >= 11 is 0. The van der Waals surface area contributed by atoms with E-state index in [0.717, 1.165) is 42.7 Å². The summed E-state index contributed by atoms with van der Waals surface area (Å²) in [5.41, 5.74) is 0.968. The van der Waals surface area contributed by atoms with E-state index < -0.39 is 0 Å². The number of methoxy groups -OCH3 is 1. The van der Waals surface area contributed by atoms with Crippen LogP contribution in [0.1, 0.15) is 44.2 Å². The maximum Gasteiger partial charge on any atom is 0.318 e. The highest BCUT2D eigenvalue weighted by molar-refractivity contribution is 5.84. The molecule has 0 radical (unpaired) electrons. The molecule has 7 nitrogen and oxygen atoms in total. The zero-order chi connectivity index (χ0) is 22.7. The van der Waals surface area contributed by atoms with Crippen molar-refractivity contribution in [3.05, 3.63) is 36.7 Å². The molecule has 4 bridgehead atoms. The molecule has 0 atom stereocenters. The lowest BCUT2D eigenvalue weighted by Crippen LogP contribution is -2.62. The zero-order valence-electron chi connectivity index (χ0n) is 19.6. The van der Waals surface area contributed by atoms with Crippen LogP contribution in [0.3, 0.4) is 0 Å². The van der Waals surface area contributed by atoms with Crippen LogP contribution >= 0.6 is 0 Å². The molecule has 0 unspecified atom stereocenters. The van der Waals surface area contributed by atoms with E-state index in [4.69, 9.17) is 4.74 Å². The Hall–Kier alpha value is -2.28. The number of aryl methyl sites for hydroxylation is 1. The number of ether oxygens (including phenoxy) is 1. The topological polar surface area (TPSA) is 66.8 Å². The molecule has 1 aromatic heterocycles. The van der Waals surface area contributed by atoms with Gasteiger partial charge in [-0.15, -0.1) is 6.58 Å². The fourth-order valence-electron chi connectivity index (χ4n) is 6.56. The molecular weight excluding hydrogens is 404 g/mol. The molecule has 5 rings (SSSR count). The Morgan fingerprint density at radius 1 is 1.22 bits per heavy atom. The van der Waals surface area contributed by atoms with Gasteiger partial charge in [-0.3, -0.25) is 4.79 Å². The second-order valence-electron chi connectivity index (χ2n) is 10.2. The molecule has 0 spiro atoms. The van der Waals surface area contributed by atoms with E-state index in [9.17, 15) is 9.59 Å². The van der Waals surface area contributed by atoms with E-state index >= 15 is 0 Å². The number of rotatable bonds is 10. The molecule has 0 aliphatic heterocycles. The number of nitrogens with one attached hydrogen (secondary N) is 1. The maximum atomic E-state index is 13.3. The van der Waals surface area contributed by atoms with Gasteiger partial charge in [0.25, 0.3) is 0 Å². The predicted octanol–water partition coefficient (Wildman–Crippen LogP) is 3.17. The van der Waals surface area contributed by atoms with Crippen molar-refractivity contribution in [2.75, 3.05) is 33.4 Å². The molecule has 4 saturated carbocycles. The Morgan fingerprint density at radius 3 is 2.41 bits per heavy atom. The van der Waals surface area contributed by atoms with Crippen molar-refractivity contribution in [3.8, 4) is 0 Å². The fraction of sp³-hybridized carbons (Fsp3) is 0.680. The van der Waals surface area contributed by atoms with Gasteiger partial charge in [0.1, 0.15) is 6.54 Å². The number of hydrogen-bond donors (Lipinski definition) is 1. The van der Waals surface area contributed by atoms with E-state index in [1.54, 1.807) is 23.0 Å². The SMILES string of the molecule is C=CCN(CC(=O)N(CCOC)Cc1cccn1C)C(=O)NC12CC3CC(CC(C3)C1)C2. The number of aromatic nitrogens is 1. The average Bonchev–Trinajstić information content (AvgIpc) is 3.13. The van der Waals surface area contributed by atoms with Gasteiger partial charge < -0.3 is 24.4 Å². The van der Waals surface area contributed by atoms with Gasteiger partial charge in [-0.1, -0.05) is 6.08 Å². The van der Waals surface area contributed by atoms with Crippen molar-refractivity contribution in [1.29, 1.82) is 0 Å². The van der Waals surface area contributed by atoms with Crippen molar-refractivity contribution in [2.45, 2.75) is 50.6 Å². The fourth-order valence-corrected chi connectivity index (χ4v) is 6.56. The Labute approximate surface area is 191 Å². The lowest BCUT2D eigenvalue weighted by Gasteiger charge is -2.57. The van der Waals surface area contributed by atoms with Crippen LogP contribution in [-0.4, -0.2) is 65.2 Å². The maximum absolute atomic E-state index is 13.3. The molecule has 1 N–H and O–H groups in total. The molecule has 4 aliphatic carbocycles. The normalized spacial score (nSPS) is 27.9. The number of hydrogen-bond acceptors (Lipinski definition) is 3. The van der Waals surface area contributed by atoms with E-state index in [2.05, 4.69) is 11.9 Å². The van der Waals surface area contributed by atoms with Crippen molar-refractivity contribution >= 4 is 11.9 Å². The van der Waals surface area contributed by atoms with Crippen LogP contribution in [-0.2, 0) is 23.1 Å². The average molecular weight is 443 g/mol. The van der Waals surface area contributed by atoms with E-state index in [-0.39, 0.29) is 24.0 Å². The summed E-state index contributed by atoms with van der Waals surface area (Å²) in [5.74, 6) is 2.19. The highest BCUT2D eigenvalue weighted by atomic mass is 16.5. The van der Waals surface area contributed by atoms with Crippen molar-refractivity contribution in [3.63, 3.8) is 0 Å². The Kier molecular flexibility index (Phi) is 6.93. The molecule has 4 fully saturated rings. The molecule has 3 amide bonds. The van der Waals surface area contributed by atoms with Crippen LogP contribution < -0.4 is 5.32 Å². The summed E-state index contributed by atoms with van der Waals surface area (Å²) < 4.78 is 7.23. The minimum atomic E-state index is -0.134. The molecule has 176 valence electrons. The monoisotopic (exact) mass is 442 g/mol. The standard InChI is InChI=1S/C25H38N4O3/c1-4-7-29(18-23(30)28(9-10-32-3)17-22-6-5-8-27(22)2)24(31)26-25-14-19-11-20(15-25)13-21(12-19)16-25/h4-6,8,19-21H,1,7,9-18H2,2-3H3,(H,26,31). The van der Waals surface area contributed by atoms with Gasteiger partial charge in [0.05, 0.1) is 13.2 Å². The molecule has 7 heteroatoms. The second-order valence-corrected chi connectivity index (χ2v) is 10.2. The first-order chi connectivity index (χ1) is 15.4. The third-order valence-corrected chi connectivity index (χ3v) is 7.70. The van der Waals surface area contributed by atoms with Crippen LogP contribution in [0.2, 0.25) is 0 Å². The summed E-state index contributed by atoms with van der Waals surface area (Å²) in [4.78, 5) is 30.0.